The minimum atomic E-state index is -0.184. The first-order valence-electron chi connectivity index (χ1n) is 14.1. The van der Waals surface area contributed by atoms with Crippen LogP contribution in [0.25, 0.3) is 22.3 Å². The molecule has 0 radical (unpaired) electrons. The van der Waals surface area contributed by atoms with E-state index in [0.29, 0.717) is 0 Å². The van der Waals surface area contributed by atoms with Gasteiger partial charge in [0.2, 0.25) is 0 Å². The van der Waals surface area contributed by atoms with Crippen molar-refractivity contribution in [3.8, 4) is 22.3 Å². The van der Waals surface area contributed by atoms with E-state index in [1.165, 1.54) is 38.8 Å². The fraction of sp³-hybridized carbons (Fsp3) is 0.0541. The standard InChI is InChI=1S/C37H30BN3/c1-27-25-36(39-26-28(27)2)41-35-24-13-12-23-34(35)40(31-19-10-5-11-20-31)38(41)37-32(29-15-6-3-7-16-29)21-14-22-33(37)30-17-8-4-9-18-30/h3-26H,1-2H3. The van der Waals surface area contributed by atoms with Crippen molar-refractivity contribution in [3.63, 3.8) is 0 Å². The Balaban J connectivity index is 1.59. The van der Waals surface area contributed by atoms with E-state index in [1.807, 2.05) is 6.20 Å². The molecule has 0 fully saturated rings. The predicted molar refractivity (Wildman–Crippen MR) is 174 cm³/mol. The molecule has 7 rings (SSSR count). The Morgan fingerprint density at radius 1 is 0.512 bits per heavy atom. The number of aromatic nitrogens is 1. The molecule has 1 aliphatic rings. The smallest absolute Gasteiger partial charge is 0.360 e. The molecule has 0 saturated carbocycles. The van der Waals surface area contributed by atoms with Crippen LogP contribution in [-0.2, 0) is 0 Å². The number of para-hydroxylation sites is 3. The number of hydrogen-bond acceptors (Lipinski definition) is 3. The summed E-state index contributed by atoms with van der Waals surface area (Å²) in [6.07, 6.45) is 2.00. The number of anilines is 4. The highest BCUT2D eigenvalue weighted by Crippen LogP contribution is 2.47. The first kappa shape index (κ1) is 24.9. The molecule has 4 heteroatoms. The summed E-state index contributed by atoms with van der Waals surface area (Å²) in [5, 5.41) is 0. The topological polar surface area (TPSA) is 19.4 Å². The molecular weight excluding hydrogens is 497 g/mol. The highest BCUT2D eigenvalue weighted by Gasteiger charge is 2.46. The van der Waals surface area contributed by atoms with Crippen LogP contribution in [0.3, 0.4) is 0 Å². The van der Waals surface area contributed by atoms with Crippen molar-refractivity contribution in [1.82, 2.24) is 4.98 Å². The molecule has 0 N–H and O–H groups in total. The van der Waals surface area contributed by atoms with Gasteiger partial charge in [0.05, 0.1) is 11.4 Å². The first-order chi connectivity index (χ1) is 20.2. The van der Waals surface area contributed by atoms with Gasteiger partial charge in [0.15, 0.2) is 0 Å². The summed E-state index contributed by atoms with van der Waals surface area (Å²) in [5.41, 5.74) is 11.9. The van der Waals surface area contributed by atoms with Gasteiger partial charge in [0.25, 0.3) is 0 Å². The van der Waals surface area contributed by atoms with Crippen molar-refractivity contribution in [2.45, 2.75) is 13.8 Å². The lowest BCUT2D eigenvalue weighted by atomic mass is 9.59. The van der Waals surface area contributed by atoms with Crippen molar-refractivity contribution in [1.29, 1.82) is 0 Å². The van der Waals surface area contributed by atoms with Gasteiger partial charge < -0.3 is 9.62 Å². The van der Waals surface area contributed by atoms with E-state index in [-0.39, 0.29) is 6.98 Å². The molecule has 41 heavy (non-hydrogen) atoms. The van der Waals surface area contributed by atoms with E-state index < -0.39 is 0 Å². The van der Waals surface area contributed by atoms with Crippen molar-refractivity contribution in [3.05, 3.63) is 157 Å². The van der Waals surface area contributed by atoms with Gasteiger partial charge in [-0.1, -0.05) is 109 Å². The van der Waals surface area contributed by atoms with Crippen molar-refractivity contribution in [2.75, 3.05) is 9.62 Å². The molecule has 196 valence electrons. The molecule has 1 aromatic heterocycles. The minimum Gasteiger partial charge on any atom is -0.360 e. The Bertz CT molecular complexity index is 1760. The molecule has 1 aliphatic heterocycles. The lowest BCUT2D eigenvalue weighted by molar-refractivity contribution is 1.18. The van der Waals surface area contributed by atoms with E-state index >= 15 is 0 Å². The number of nitrogens with zero attached hydrogens (tertiary/aromatic N) is 3. The SMILES string of the molecule is Cc1cnc(N2B(c3c(-c4ccccc4)cccc3-c3ccccc3)N(c3ccccc3)c3ccccc32)cc1C. The quantitative estimate of drug-likeness (QED) is 0.209. The van der Waals surface area contributed by atoms with Gasteiger partial charge in [-0.15, -0.1) is 0 Å². The predicted octanol–water partition coefficient (Wildman–Crippen LogP) is 8.72. The third kappa shape index (κ3) is 4.38. The number of benzene rings is 5. The summed E-state index contributed by atoms with van der Waals surface area (Å²) in [7, 11) is 0. The number of hydrogen-bond donors (Lipinski definition) is 0. The van der Waals surface area contributed by atoms with Crippen LogP contribution in [0.2, 0.25) is 0 Å². The molecular formula is C37H30BN3. The summed E-state index contributed by atoms with van der Waals surface area (Å²) >= 11 is 0. The van der Waals surface area contributed by atoms with E-state index in [1.54, 1.807) is 0 Å². The van der Waals surface area contributed by atoms with Gasteiger partial charge >= 0.3 is 6.98 Å². The summed E-state index contributed by atoms with van der Waals surface area (Å²) in [6, 6.07) is 49.8. The van der Waals surface area contributed by atoms with Crippen LogP contribution in [0.4, 0.5) is 22.9 Å². The maximum Gasteiger partial charge on any atom is 0.423 e. The molecule has 2 heterocycles. The summed E-state index contributed by atoms with van der Waals surface area (Å²) in [5.74, 6) is 0.936. The number of aryl methyl sites for hydroxylation is 2. The Hall–Kier alpha value is -5.09. The van der Waals surface area contributed by atoms with Gasteiger partial charge in [-0.2, -0.15) is 0 Å². The molecule has 6 aromatic rings. The molecule has 0 atom stereocenters. The average molecular weight is 527 g/mol. The minimum absolute atomic E-state index is 0.184. The third-order valence-corrected chi connectivity index (χ3v) is 8.06. The fourth-order valence-corrected chi connectivity index (χ4v) is 5.95. The monoisotopic (exact) mass is 527 g/mol. The highest BCUT2D eigenvalue weighted by molar-refractivity contribution is 6.86. The molecule has 0 unspecified atom stereocenters. The highest BCUT2D eigenvalue weighted by atomic mass is 15.3. The van der Waals surface area contributed by atoms with Gasteiger partial charge in [0, 0.05) is 11.9 Å². The van der Waals surface area contributed by atoms with E-state index in [9.17, 15) is 0 Å². The van der Waals surface area contributed by atoms with Crippen LogP contribution in [0, 0.1) is 13.8 Å². The fourth-order valence-electron chi connectivity index (χ4n) is 5.95. The zero-order valence-electron chi connectivity index (χ0n) is 23.3. The van der Waals surface area contributed by atoms with Crippen LogP contribution in [0.5, 0.6) is 0 Å². The normalized spacial score (nSPS) is 12.5. The van der Waals surface area contributed by atoms with Crippen LogP contribution < -0.4 is 15.1 Å². The van der Waals surface area contributed by atoms with Crippen molar-refractivity contribution in [2.24, 2.45) is 0 Å². The molecule has 0 bridgehead atoms. The number of fused-ring (bicyclic) bond motifs is 1. The maximum absolute atomic E-state index is 5.03. The van der Waals surface area contributed by atoms with Gasteiger partial charge in [-0.05, 0) is 83.0 Å². The molecule has 0 aliphatic carbocycles. The second-order valence-corrected chi connectivity index (χ2v) is 10.6. The molecule has 0 amide bonds. The molecule has 0 spiro atoms. The van der Waals surface area contributed by atoms with Gasteiger partial charge in [-0.25, -0.2) is 4.98 Å². The van der Waals surface area contributed by atoms with Crippen LogP contribution in [0.15, 0.2) is 146 Å². The Morgan fingerprint density at radius 3 is 1.59 bits per heavy atom. The van der Waals surface area contributed by atoms with Crippen LogP contribution in [-0.4, -0.2) is 12.0 Å². The number of pyridine rings is 1. The van der Waals surface area contributed by atoms with E-state index in [0.717, 1.165) is 22.9 Å². The summed E-state index contributed by atoms with van der Waals surface area (Å²) < 4.78 is 0. The van der Waals surface area contributed by atoms with Gasteiger partial charge in [0.1, 0.15) is 5.82 Å². The number of rotatable bonds is 5. The second kappa shape index (κ2) is 10.5. The van der Waals surface area contributed by atoms with E-state index in [2.05, 4.69) is 163 Å². The maximum atomic E-state index is 5.03. The van der Waals surface area contributed by atoms with Crippen molar-refractivity contribution < 1.29 is 0 Å². The zero-order chi connectivity index (χ0) is 27.8. The Morgan fingerprint density at radius 2 is 1.02 bits per heavy atom. The Labute approximate surface area is 242 Å². The Kier molecular flexibility index (Phi) is 6.37. The lowest BCUT2D eigenvalue weighted by Gasteiger charge is -2.32. The van der Waals surface area contributed by atoms with Crippen LogP contribution in [0.1, 0.15) is 11.1 Å². The second-order valence-electron chi connectivity index (χ2n) is 10.6. The zero-order valence-corrected chi connectivity index (χ0v) is 23.3. The molecule has 5 aromatic carbocycles. The van der Waals surface area contributed by atoms with Crippen molar-refractivity contribution >= 4 is 35.3 Å². The summed E-state index contributed by atoms with van der Waals surface area (Å²) in [6.45, 7) is 4.10. The molecule has 0 saturated heterocycles. The molecule has 3 nitrogen and oxygen atoms in total. The largest absolute Gasteiger partial charge is 0.423 e. The lowest BCUT2D eigenvalue weighted by Crippen LogP contribution is -2.54. The van der Waals surface area contributed by atoms with Crippen LogP contribution >= 0.6 is 0 Å². The summed E-state index contributed by atoms with van der Waals surface area (Å²) in [4.78, 5) is 9.92. The first-order valence-corrected chi connectivity index (χ1v) is 14.1. The average Bonchev–Trinajstić information content (AvgIpc) is 3.38. The van der Waals surface area contributed by atoms with Gasteiger partial charge in [-0.3, -0.25) is 0 Å². The van der Waals surface area contributed by atoms with E-state index in [4.69, 9.17) is 4.98 Å². The third-order valence-electron chi connectivity index (χ3n) is 8.06.